The van der Waals surface area contributed by atoms with Crippen LogP contribution in [0, 0.1) is 5.41 Å². The second-order valence-electron chi connectivity index (χ2n) is 6.81. The molecule has 1 spiro atoms. The van der Waals surface area contributed by atoms with Crippen LogP contribution in [-0.2, 0) is 11.2 Å². The molecule has 1 amide bonds. The molecule has 1 unspecified atom stereocenters. The second kappa shape index (κ2) is 6.18. The molecule has 2 aliphatic heterocycles. The third-order valence-electron chi connectivity index (χ3n) is 5.18. The monoisotopic (exact) mass is 286 g/mol. The van der Waals surface area contributed by atoms with Gasteiger partial charge in [0.05, 0.1) is 0 Å². The van der Waals surface area contributed by atoms with Gasteiger partial charge < -0.3 is 9.80 Å². The first-order chi connectivity index (χ1) is 10.2. The molecule has 0 aliphatic carbocycles. The van der Waals surface area contributed by atoms with Gasteiger partial charge in [-0.15, -0.1) is 0 Å². The highest BCUT2D eigenvalue weighted by Crippen LogP contribution is 2.38. The summed E-state index contributed by atoms with van der Waals surface area (Å²) in [5.74, 6) is 0.247. The van der Waals surface area contributed by atoms with Crippen molar-refractivity contribution < 1.29 is 4.79 Å². The summed E-state index contributed by atoms with van der Waals surface area (Å²) in [6.45, 7) is 7.15. The van der Waals surface area contributed by atoms with Crippen LogP contribution in [0.2, 0.25) is 0 Å². The van der Waals surface area contributed by atoms with Crippen molar-refractivity contribution in [2.45, 2.75) is 32.6 Å². The molecular formula is C18H26N2O. The lowest BCUT2D eigenvalue weighted by molar-refractivity contribution is -0.132. The van der Waals surface area contributed by atoms with Crippen molar-refractivity contribution in [3.63, 3.8) is 0 Å². The molecule has 3 nitrogen and oxygen atoms in total. The van der Waals surface area contributed by atoms with Gasteiger partial charge in [0.1, 0.15) is 0 Å². The van der Waals surface area contributed by atoms with Crippen molar-refractivity contribution in [1.29, 1.82) is 0 Å². The zero-order valence-corrected chi connectivity index (χ0v) is 13.1. The maximum atomic E-state index is 11.6. The van der Waals surface area contributed by atoms with Crippen molar-refractivity contribution in [2.75, 3.05) is 32.7 Å². The molecule has 0 N–H and O–H groups in total. The normalized spacial score (nSPS) is 26.4. The van der Waals surface area contributed by atoms with E-state index in [0.717, 1.165) is 26.1 Å². The summed E-state index contributed by atoms with van der Waals surface area (Å²) < 4.78 is 0. The van der Waals surface area contributed by atoms with Crippen LogP contribution in [0.4, 0.5) is 0 Å². The minimum absolute atomic E-state index is 0.247. The van der Waals surface area contributed by atoms with E-state index in [4.69, 9.17) is 0 Å². The highest BCUT2D eigenvalue weighted by molar-refractivity contribution is 5.73. The molecule has 21 heavy (non-hydrogen) atoms. The molecule has 1 aromatic rings. The fourth-order valence-electron chi connectivity index (χ4n) is 3.96. The first-order valence-electron chi connectivity index (χ1n) is 8.19. The van der Waals surface area contributed by atoms with Gasteiger partial charge in [-0.2, -0.15) is 0 Å². The van der Waals surface area contributed by atoms with E-state index in [1.165, 1.54) is 37.9 Å². The molecule has 2 saturated heterocycles. The Morgan fingerprint density at radius 3 is 2.71 bits per heavy atom. The van der Waals surface area contributed by atoms with Gasteiger partial charge in [-0.1, -0.05) is 30.3 Å². The Morgan fingerprint density at radius 2 is 1.95 bits per heavy atom. The first-order valence-corrected chi connectivity index (χ1v) is 8.19. The third-order valence-corrected chi connectivity index (χ3v) is 5.18. The topological polar surface area (TPSA) is 23.6 Å². The van der Waals surface area contributed by atoms with Gasteiger partial charge >= 0.3 is 0 Å². The van der Waals surface area contributed by atoms with E-state index in [9.17, 15) is 4.79 Å². The van der Waals surface area contributed by atoms with Gasteiger partial charge in [0.15, 0.2) is 0 Å². The lowest BCUT2D eigenvalue weighted by Crippen LogP contribution is -2.46. The Hall–Kier alpha value is -1.35. The van der Waals surface area contributed by atoms with E-state index < -0.39 is 0 Å². The van der Waals surface area contributed by atoms with Gasteiger partial charge in [0.2, 0.25) is 5.91 Å². The largest absolute Gasteiger partial charge is 0.342 e. The number of rotatable bonds is 3. The molecule has 114 valence electrons. The SMILES string of the molecule is CC(=O)N1CCCC2(CCN(CCc3ccccc3)C2)C1. The van der Waals surface area contributed by atoms with E-state index in [1.807, 2.05) is 0 Å². The van der Waals surface area contributed by atoms with Crippen LogP contribution >= 0.6 is 0 Å². The van der Waals surface area contributed by atoms with Crippen molar-refractivity contribution >= 4 is 5.91 Å². The van der Waals surface area contributed by atoms with Crippen LogP contribution in [0.25, 0.3) is 0 Å². The van der Waals surface area contributed by atoms with Crippen molar-refractivity contribution in [2.24, 2.45) is 5.41 Å². The summed E-state index contributed by atoms with van der Waals surface area (Å²) in [5.41, 5.74) is 1.80. The van der Waals surface area contributed by atoms with E-state index in [-0.39, 0.29) is 5.91 Å². The molecule has 0 aromatic heterocycles. The zero-order chi connectivity index (χ0) is 14.7. The molecule has 2 heterocycles. The summed E-state index contributed by atoms with van der Waals surface area (Å²) in [5, 5.41) is 0. The minimum atomic E-state index is 0.247. The van der Waals surface area contributed by atoms with Gasteiger partial charge in [-0.25, -0.2) is 0 Å². The van der Waals surface area contributed by atoms with Crippen molar-refractivity contribution in [3.05, 3.63) is 35.9 Å². The number of amides is 1. The van der Waals surface area contributed by atoms with Crippen molar-refractivity contribution in [1.82, 2.24) is 9.80 Å². The lowest BCUT2D eigenvalue weighted by Gasteiger charge is -2.40. The molecule has 0 radical (unpaired) electrons. The zero-order valence-electron chi connectivity index (χ0n) is 13.1. The van der Waals surface area contributed by atoms with Crippen molar-refractivity contribution in [3.8, 4) is 0 Å². The fraction of sp³-hybridized carbons (Fsp3) is 0.611. The first kappa shape index (κ1) is 14.6. The molecule has 1 atom stereocenters. The van der Waals surface area contributed by atoms with Crippen LogP contribution < -0.4 is 0 Å². The second-order valence-corrected chi connectivity index (χ2v) is 6.81. The quantitative estimate of drug-likeness (QED) is 0.852. The Balaban J connectivity index is 1.54. The predicted molar refractivity (Wildman–Crippen MR) is 85.1 cm³/mol. The van der Waals surface area contributed by atoms with Gasteiger partial charge in [0.25, 0.3) is 0 Å². The van der Waals surface area contributed by atoms with Crippen LogP contribution in [-0.4, -0.2) is 48.4 Å². The molecule has 2 fully saturated rings. The van der Waals surface area contributed by atoms with E-state index in [0.29, 0.717) is 5.41 Å². The van der Waals surface area contributed by atoms with E-state index in [2.05, 4.69) is 40.1 Å². The maximum Gasteiger partial charge on any atom is 0.219 e. The molecule has 3 heteroatoms. The Bertz CT molecular complexity index is 487. The number of likely N-dealkylation sites (tertiary alicyclic amines) is 2. The third kappa shape index (κ3) is 3.46. The molecule has 0 saturated carbocycles. The van der Waals surface area contributed by atoms with Gasteiger partial charge in [-0.3, -0.25) is 4.79 Å². The van der Waals surface area contributed by atoms with Crippen LogP contribution in [0.15, 0.2) is 30.3 Å². The van der Waals surface area contributed by atoms with E-state index >= 15 is 0 Å². The van der Waals surface area contributed by atoms with E-state index in [1.54, 1.807) is 6.92 Å². The summed E-state index contributed by atoms with van der Waals surface area (Å²) in [6.07, 6.45) is 4.85. The summed E-state index contributed by atoms with van der Waals surface area (Å²) in [6, 6.07) is 10.7. The average Bonchev–Trinajstić information content (AvgIpc) is 2.89. The number of carbonyl (C=O) groups excluding carboxylic acids is 1. The molecule has 0 bridgehead atoms. The Labute approximate surface area is 127 Å². The lowest BCUT2D eigenvalue weighted by atomic mass is 9.79. The predicted octanol–water partition coefficient (Wildman–Crippen LogP) is 2.56. The van der Waals surface area contributed by atoms with Crippen LogP contribution in [0.5, 0.6) is 0 Å². The average molecular weight is 286 g/mol. The van der Waals surface area contributed by atoms with Crippen LogP contribution in [0.3, 0.4) is 0 Å². The number of piperidine rings is 1. The van der Waals surface area contributed by atoms with Gasteiger partial charge in [0, 0.05) is 38.5 Å². The van der Waals surface area contributed by atoms with Gasteiger partial charge in [-0.05, 0) is 37.8 Å². The summed E-state index contributed by atoms with van der Waals surface area (Å²) in [4.78, 5) is 16.3. The summed E-state index contributed by atoms with van der Waals surface area (Å²) in [7, 11) is 0. The highest BCUT2D eigenvalue weighted by atomic mass is 16.2. The minimum Gasteiger partial charge on any atom is -0.342 e. The number of carbonyl (C=O) groups is 1. The Kier molecular flexibility index (Phi) is 4.29. The number of hydrogen-bond acceptors (Lipinski definition) is 2. The molecule has 1 aromatic carbocycles. The number of benzene rings is 1. The highest BCUT2D eigenvalue weighted by Gasteiger charge is 2.41. The smallest absolute Gasteiger partial charge is 0.219 e. The fourth-order valence-corrected chi connectivity index (χ4v) is 3.96. The van der Waals surface area contributed by atoms with Crippen LogP contribution in [0.1, 0.15) is 31.7 Å². The molecular weight excluding hydrogens is 260 g/mol. The molecule has 3 rings (SSSR count). The Morgan fingerprint density at radius 1 is 1.14 bits per heavy atom. The summed E-state index contributed by atoms with van der Waals surface area (Å²) >= 11 is 0. The molecule has 2 aliphatic rings. The standard InChI is InChI=1S/C18H26N2O/c1-16(21)20-11-5-9-18(15-20)10-13-19(14-18)12-8-17-6-3-2-4-7-17/h2-4,6-7H,5,8-15H2,1H3. The number of hydrogen-bond donors (Lipinski definition) is 0. The number of nitrogens with zero attached hydrogens (tertiary/aromatic N) is 2. The maximum absolute atomic E-state index is 11.6.